The second-order valence-corrected chi connectivity index (χ2v) is 6.06. The summed E-state index contributed by atoms with van der Waals surface area (Å²) < 4.78 is 1.11. The highest BCUT2D eigenvalue weighted by atomic mass is 127. The first-order chi connectivity index (χ1) is 10.1. The summed E-state index contributed by atoms with van der Waals surface area (Å²) in [4.78, 5) is 18.8. The van der Waals surface area contributed by atoms with E-state index in [0.717, 1.165) is 14.8 Å². The van der Waals surface area contributed by atoms with E-state index in [9.17, 15) is 4.79 Å². The van der Waals surface area contributed by atoms with E-state index in [1.807, 2.05) is 42.5 Å². The van der Waals surface area contributed by atoms with Crippen LogP contribution in [0.3, 0.4) is 0 Å². The van der Waals surface area contributed by atoms with Gasteiger partial charge in [0.15, 0.2) is 0 Å². The van der Waals surface area contributed by atoms with E-state index in [1.54, 1.807) is 11.1 Å². The molecule has 2 aromatic carbocycles. The fourth-order valence-electron chi connectivity index (χ4n) is 2.32. The summed E-state index contributed by atoms with van der Waals surface area (Å²) in [5, 5.41) is 0. The Labute approximate surface area is 136 Å². The molecule has 0 aliphatic carbocycles. The second kappa shape index (κ2) is 5.85. The predicted molar refractivity (Wildman–Crippen MR) is 94.2 cm³/mol. The van der Waals surface area contributed by atoms with Crippen LogP contribution in [-0.4, -0.2) is 25.2 Å². The van der Waals surface area contributed by atoms with Crippen molar-refractivity contribution < 1.29 is 4.79 Å². The molecule has 3 rings (SSSR count). The molecule has 1 heterocycles. The maximum absolute atomic E-state index is 12.7. The van der Waals surface area contributed by atoms with Crippen molar-refractivity contribution in [2.75, 3.05) is 23.7 Å². The SMILES string of the molecule is Nc1ccc2c(c1)C=NCCN2C(=O)c1ccc(I)cc1. The zero-order chi connectivity index (χ0) is 14.8. The molecular weight excluding hydrogens is 377 g/mol. The second-order valence-electron chi connectivity index (χ2n) is 4.82. The minimum Gasteiger partial charge on any atom is -0.399 e. The lowest BCUT2D eigenvalue weighted by Gasteiger charge is -2.22. The Morgan fingerprint density at radius 1 is 1.19 bits per heavy atom. The summed E-state index contributed by atoms with van der Waals surface area (Å²) in [5.41, 5.74) is 8.90. The largest absolute Gasteiger partial charge is 0.399 e. The number of hydrogen-bond donors (Lipinski definition) is 1. The van der Waals surface area contributed by atoms with Crippen LogP contribution in [0.1, 0.15) is 15.9 Å². The van der Waals surface area contributed by atoms with E-state index in [4.69, 9.17) is 5.73 Å². The molecule has 0 bridgehead atoms. The molecule has 0 atom stereocenters. The van der Waals surface area contributed by atoms with E-state index in [1.165, 1.54) is 0 Å². The molecule has 1 amide bonds. The molecule has 2 aromatic rings. The van der Waals surface area contributed by atoms with Gasteiger partial charge in [-0.05, 0) is 65.1 Å². The number of benzene rings is 2. The molecule has 0 fully saturated rings. The van der Waals surface area contributed by atoms with Gasteiger partial charge >= 0.3 is 0 Å². The first-order valence-electron chi connectivity index (χ1n) is 6.62. The quantitative estimate of drug-likeness (QED) is 0.601. The Bertz CT molecular complexity index is 710. The number of nitrogens with two attached hydrogens (primary N) is 1. The molecular formula is C16H14IN3O. The fraction of sp³-hybridized carbons (Fsp3) is 0.125. The Morgan fingerprint density at radius 3 is 2.71 bits per heavy atom. The number of hydrogen-bond acceptors (Lipinski definition) is 3. The van der Waals surface area contributed by atoms with E-state index in [-0.39, 0.29) is 5.91 Å². The van der Waals surface area contributed by atoms with Crippen molar-refractivity contribution >= 4 is 46.1 Å². The van der Waals surface area contributed by atoms with Gasteiger partial charge in [-0.3, -0.25) is 9.79 Å². The lowest BCUT2D eigenvalue weighted by molar-refractivity contribution is 0.0988. The minimum atomic E-state index is -0.0112. The van der Waals surface area contributed by atoms with Crippen LogP contribution in [0.15, 0.2) is 47.5 Å². The van der Waals surface area contributed by atoms with Crippen molar-refractivity contribution in [3.63, 3.8) is 0 Å². The molecule has 1 aliphatic rings. The van der Waals surface area contributed by atoms with E-state index < -0.39 is 0 Å². The van der Waals surface area contributed by atoms with Crippen molar-refractivity contribution in [1.82, 2.24) is 0 Å². The molecule has 0 radical (unpaired) electrons. The fourth-order valence-corrected chi connectivity index (χ4v) is 2.68. The molecule has 5 heteroatoms. The molecule has 106 valence electrons. The van der Waals surface area contributed by atoms with Gasteiger partial charge in [0.25, 0.3) is 5.91 Å². The van der Waals surface area contributed by atoms with Crippen molar-refractivity contribution in [2.45, 2.75) is 0 Å². The first-order valence-corrected chi connectivity index (χ1v) is 7.70. The van der Waals surface area contributed by atoms with Crippen LogP contribution in [-0.2, 0) is 0 Å². The maximum Gasteiger partial charge on any atom is 0.258 e. The van der Waals surface area contributed by atoms with Gasteiger partial charge < -0.3 is 10.6 Å². The smallest absolute Gasteiger partial charge is 0.258 e. The first kappa shape index (κ1) is 14.1. The number of halogens is 1. The highest BCUT2D eigenvalue weighted by Crippen LogP contribution is 2.25. The number of anilines is 2. The van der Waals surface area contributed by atoms with Gasteiger partial charge in [0.1, 0.15) is 0 Å². The van der Waals surface area contributed by atoms with Crippen LogP contribution >= 0.6 is 22.6 Å². The number of nitrogens with zero attached hydrogens (tertiary/aromatic N) is 2. The van der Waals surface area contributed by atoms with Crippen LogP contribution in [0.5, 0.6) is 0 Å². The topological polar surface area (TPSA) is 58.7 Å². The van der Waals surface area contributed by atoms with Gasteiger partial charge in [0.2, 0.25) is 0 Å². The summed E-state index contributed by atoms with van der Waals surface area (Å²) >= 11 is 2.23. The van der Waals surface area contributed by atoms with Crippen molar-refractivity contribution in [1.29, 1.82) is 0 Å². The predicted octanol–water partition coefficient (Wildman–Crippen LogP) is 2.95. The average molecular weight is 391 g/mol. The van der Waals surface area contributed by atoms with E-state index in [2.05, 4.69) is 27.6 Å². The molecule has 21 heavy (non-hydrogen) atoms. The summed E-state index contributed by atoms with van der Waals surface area (Å²) in [6, 6.07) is 13.1. The van der Waals surface area contributed by atoms with Crippen molar-refractivity contribution in [3.8, 4) is 0 Å². The van der Waals surface area contributed by atoms with Crippen molar-refractivity contribution in [2.24, 2.45) is 4.99 Å². The standard InChI is InChI=1S/C16H14IN3O/c17-13-3-1-11(2-4-13)16(21)20-8-7-19-10-12-9-14(18)5-6-15(12)20/h1-6,9-10H,7-8,18H2. The third-order valence-electron chi connectivity index (χ3n) is 3.36. The Balaban J connectivity index is 2.00. The Morgan fingerprint density at radius 2 is 1.95 bits per heavy atom. The van der Waals surface area contributed by atoms with Gasteiger partial charge in [-0.1, -0.05) is 0 Å². The molecule has 4 nitrogen and oxygen atoms in total. The number of rotatable bonds is 1. The number of aliphatic imine (C=N–C) groups is 1. The molecule has 0 aromatic heterocycles. The number of carbonyl (C=O) groups is 1. The van der Waals surface area contributed by atoms with Crippen LogP contribution < -0.4 is 10.6 Å². The average Bonchev–Trinajstić information content (AvgIpc) is 2.69. The van der Waals surface area contributed by atoms with Crippen molar-refractivity contribution in [3.05, 3.63) is 57.2 Å². The summed E-state index contributed by atoms with van der Waals surface area (Å²) in [6.07, 6.45) is 1.78. The number of amides is 1. The van der Waals surface area contributed by atoms with Gasteiger partial charge in [0, 0.05) is 33.1 Å². The normalized spacial score (nSPS) is 13.7. The number of carbonyl (C=O) groups excluding carboxylic acids is 1. The Hall–Kier alpha value is -1.89. The molecule has 0 spiro atoms. The number of fused-ring (bicyclic) bond motifs is 1. The van der Waals surface area contributed by atoms with Crippen LogP contribution in [0.25, 0.3) is 0 Å². The molecule has 0 unspecified atom stereocenters. The highest BCUT2D eigenvalue weighted by molar-refractivity contribution is 14.1. The summed E-state index contributed by atoms with van der Waals surface area (Å²) in [6.45, 7) is 1.16. The molecule has 1 aliphatic heterocycles. The minimum absolute atomic E-state index is 0.0112. The highest BCUT2D eigenvalue weighted by Gasteiger charge is 2.21. The van der Waals surface area contributed by atoms with Gasteiger partial charge in [-0.15, -0.1) is 0 Å². The lowest BCUT2D eigenvalue weighted by atomic mass is 10.1. The van der Waals surface area contributed by atoms with Crippen LogP contribution in [0.2, 0.25) is 0 Å². The molecule has 2 N–H and O–H groups in total. The number of benzodiazepines with no additional fused rings is 1. The van der Waals surface area contributed by atoms with Gasteiger partial charge in [-0.25, -0.2) is 0 Å². The van der Waals surface area contributed by atoms with Crippen LogP contribution in [0, 0.1) is 3.57 Å². The Kier molecular flexibility index (Phi) is 3.92. The molecule has 0 saturated heterocycles. The lowest BCUT2D eigenvalue weighted by Crippen LogP contribution is -2.33. The maximum atomic E-state index is 12.7. The monoisotopic (exact) mass is 391 g/mol. The van der Waals surface area contributed by atoms with Crippen LogP contribution in [0.4, 0.5) is 11.4 Å². The van der Waals surface area contributed by atoms with Gasteiger partial charge in [-0.2, -0.15) is 0 Å². The van der Waals surface area contributed by atoms with Gasteiger partial charge in [0.05, 0.1) is 12.2 Å². The summed E-state index contributed by atoms with van der Waals surface area (Å²) in [5.74, 6) is -0.0112. The zero-order valence-electron chi connectivity index (χ0n) is 11.3. The molecule has 0 saturated carbocycles. The number of nitrogen functional groups attached to an aromatic ring is 1. The third-order valence-corrected chi connectivity index (χ3v) is 4.08. The third kappa shape index (κ3) is 2.92. The zero-order valence-corrected chi connectivity index (χ0v) is 13.4. The van der Waals surface area contributed by atoms with E-state index >= 15 is 0 Å². The summed E-state index contributed by atoms with van der Waals surface area (Å²) in [7, 11) is 0. The van der Waals surface area contributed by atoms with E-state index in [0.29, 0.717) is 24.3 Å².